The lowest BCUT2D eigenvalue weighted by atomic mass is 9.68. The van der Waals surface area contributed by atoms with Gasteiger partial charge in [0.05, 0.1) is 6.54 Å². The topological polar surface area (TPSA) is 38.0 Å². The Morgan fingerprint density at radius 2 is 2.07 bits per heavy atom. The number of hydrogen-bond acceptors (Lipinski definition) is 2. The summed E-state index contributed by atoms with van der Waals surface area (Å²) in [5, 5.41) is 3.54. The van der Waals surface area contributed by atoms with E-state index in [1.54, 1.807) is 0 Å². The van der Waals surface area contributed by atoms with Crippen LogP contribution in [0.1, 0.15) is 46.5 Å². The highest BCUT2D eigenvalue weighted by Gasteiger charge is 2.38. The van der Waals surface area contributed by atoms with Gasteiger partial charge in [-0.3, -0.25) is 5.32 Å². The molecule has 0 spiro atoms. The van der Waals surface area contributed by atoms with Crippen LogP contribution in [0, 0.1) is 17.3 Å². The molecule has 0 aromatic heterocycles. The Morgan fingerprint density at radius 1 is 1.33 bits per heavy atom. The van der Waals surface area contributed by atoms with Crippen molar-refractivity contribution in [2.45, 2.75) is 52.0 Å². The van der Waals surface area contributed by atoms with Crippen molar-refractivity contribution in [1.82, 2.24) is 5.32 Å². The predicted octanol–water partition coefficient (Wildman–Crippen LogP) is 1.90. The van der Waals surface area contributed by atoms with Crippen molar-refractivity contribution < 1.29 is 0 Å². The zero-order valence-corrected chi connectivity index (χ0v) is 10.3. The molecular formula is C13H24N2. The van der Waals surface area contributed by atoms with Crippen LogP contribution in [0.2, 0.25) is 0 Å². The van der Waals surface area contributed by atoms with E-state index in [1.165, 1.54) is 25.7 Å². The van der Waals surface area contributed by atoms with E-state index in [-0.39, 0.29) is 5.54 Å². The second kappa shape index (κ2) is 5.01. The summed E-state index contributed by atoms with van der Waals surface area (Å²) in [4.78, 5) is 0. The second-order valence-corrected chi connectivity index (χ2v) is 5.46. The van der Waals surface area contributed by atoms with Gasteiger partial charge in [-0.05, 0) is 31.6 Å². The molecule has 1 fully saturated rings. The van der Waals surface area contributed by atoms with E-state index in [9.17, 15) is 0 Å². The molecule has 2 nitrogen and oxygen atoms in total. The molecule has 0 radical (unpaired) electrons. The average molecular weight is 208 g/mol. The van der Waals surface area contributed by atoms with Crippen molar-refractivity contribution in [3.63, 3.8) is 0 Å². The van der Waals surface area contributed by atoms with Crippen LogP contribution < -0.4 is 11.1 Å². The van der Waals surface area contributed by atoms with Gasteiger partial charge in [0.15, 0.2) is 0 Å². The van der Waals surface area contributed by atoms with E-state index in [1.807, 2.05) is 6.92 Å². The zero-order valence-electron chi connectivity index (χ0n) is 10.3. The highest BCUT2D eigenvalue weighted by Crippen LogP contribution is 2.40. The molecule has 1 aliphatic carbocycles. The minimum absolute atomic E-state index is 0.131. The van der Waals surface area contributed by atoms with Crippen LogP contribution in [0.15, 0.2) is 0 Å². The summed E-state index contributed by atoms with van der Waals surface area (Å²) in [7, 11) is 0. The summed E-state index contributed by atoms with van der Waals surface area (Å²) in [5.74, 6) is 5.98. The van der Waals surface area contributed by atoms with Gasteiger partial charge in [0.1, 0.15) is 0 Å². The first-order valence-corrected chi connectivity index (χ1v) is 5.88. The lowest BCUT2D eigenvalue weighted by Gasteiger charge is -2.44. The molecule has 1 unspecified atom stereocenters. The van der Waals surface area contributed by atoms with Crippen molar-refractivity contribution in [3.05, 3.63) is 0 Å². The summed E-state index contributed by atoms with van der Waals surface area (Å²) in [5.41, 5.74) is 6.48. The van der Waals surface area contributed by atoms with E-state index >= 15 is 0 Å². The van der Waals surface area contributed by atoms with E-state index < -0.39 is 0 Å². The van der Waals surface area contributed by atoms with Crippen molar-refractivity contribution in [3.8, 4) is 11.8 Å². The Kier molecular flexibility index (Phi) is 4.19. The fourth-order valence-corrected chi connectivity index (χ4v) is 2.72. The summed E-state index contributed by atoms with van der Waals surface area (Å²) in [6.45, 7) is 8.04. The molecular weight excluding hydrogens is 184 g/mol. The number of nitrogens with one attached hydrogen (secondary N) is 1. The minimum Gasteiger partial charge on any atom is -0.329 e. The lowest BCUT2D eigenvalue weighted by Crippen LogP contribution is -2.55. The summed E-state index contributed by atoms with van der Waals surface area (Å²) in [6, 6.07) is 0. The van der Waals surface area contributed by atoms with Crippen LogP contribution in [0.5, 0.6) is 0 Å². The molecule has 1 atom stereocenters. The Morgan fingerprint density at radius 3 is 2.60 bits per heavy atom. The lowest BCUT2D eigenvalue weighted by molar-refractivity contribution is 0.128. The van der Waals surface area contributed by atoms with E-state index in [0.717, 1.165) is 13.1 Å². The highest BCUT2D eigenvalue weighted by molar-refractivity contribution is 5.03. The third-order valence-electron chi connectivity index (χ3n) is 3.45. The molecule has 0 aromatic carbocycles. The van der Waals surface area contributed by atoms with Gasteiger partial charge < -0.3 is 5.73 Å². The first-order valence-electron chi connectivity index (χ1n) is 5.88. The van der Waals surface area contributed by atoms with Gasteiger partial charge in [0.2, 0.25) is 0 Å². The Hall–Kier alpha value is -0.520. The standard InChI is InChI=1S/C13H24N2/c1-4-5-9-15-13(11-14)8-6-7-12(2,3)10-13/h15H,6-11,14H2,1-3H3. The Balaban J connectivity index is 2.61. The molecule has 0 aliphatic heterocycles. The molecule has 0 aromatic rings. The van der Waals surface area contributed by atoms with Crippen molar-refractivity contribution in [2.75, 3.05) is 13.1 Å². The molecule has 15 heavy (non-hydrogen) atoms. The van der Waals surface area contributed by atoms with E-state index in [4.69, 9.17) is 5.73 Å². The quantitative estimate of drug-likeness (QED) is 0.695. The first kappa shape index (κ1) is 12.5. The number of nitrogens with two attached hydrogens (primary N) is 1. The molecule has 0 heterocycles. The largest absolute Gasteiger partial charge is 0.329 e. The van der Waals surface area contributed by atoms with Gasteiger partial charge in [0.25, 0.3) is 0 Å². The Bertz CT molecular complexity index is 259. The van der Waals surface area contributed by atoms with Gasteiger partial charge in [-0.15, -0.1) is 5.92 Å². The molecule has 1 rings (SSSR count). The molecule has 1 aliphatic rings. The van der Waals surface area contributed by atoms with Crippen LogP contribution >= 0.6 is 0 Å². The summed E-state index contributed by atoms with van der Waals surface area (Å²) in [6.07, 6.45) is 4.95. The predicted molar refractivity (Wildman–Crippen MR) is 65.5 cm³/mol. The third kappa shape index (κ3) is 3.52. The molecule has 3 N–H and O–H groups in total. The van der Waals surface area contributed by atoms with Crippen LogP contribution in [0.3, 0.4) is 0 Å². The molecule has 1 saturated carbocycles. The van der Waals surface area contributed by atoms with Gasteiger partial charge in [-0.2, -0.15) is 0 Å². The van der Waals surface area contributed by atoms with Crippen LogP contribution in [0.25, 0.3) is 0 Å². The fourth-order valence-electron chi connectivity index (χ4n) is 2.72. The number of rotatable bonds is 3. The van der Waals surface area contributed by atoms with Gasteiger partial charge in [0, 0.05) is 12.1 Å². The van der Waals surface area contributed by atoms with Crippen molar-refractivity contribution in [2.24, 2.45) is 11.1 Å². The third-order valence-corrected chi connectivity index (χ3v) is 3.45. The van der Waals surface area contributed by atoms with Crippen LogP contribution in [0.4, 0.5) is 0 Å². The maximum atomic E-state index is 5.93. The number of hydrogen-bond donors (Lipinski definition) is 2. The van der Waals surface area contributed by atoms with Gasteiger partial charge >= 0.3 is 0 Å². The van der Waals surface area contributed by atoms with Crippen LogP contribution in [-0.4, -0.2) is 18.6 Å². The SMILES string of the molecule is CC#CCNC1(CN)CCCC(C)(C)C1. The zero-order chi connectivity index (χ0) is 11.4. The molecule has 0 amide bonds. The smallest absolute Gasteiger partial charge is 0.0581 e. The Labute approximate surface area is 94.0 Å². The molecule has 2 heteroatoms. The minimum atomic E-state index is 0.131. The molecule has 0 saturated heterocycles. The average Bonchev–Trinajstić information content (AvgIpc) is 2.17. The van der Waals surface area contributed by atoms with E-state index in [2.05, 4.69) is 31.0 Å². The fraction of sp³-hybridized carbons (Fsp3) is 0.846. The van der Waals surface area contributed by atoms with Crippen LogP contribution in [-0.2, 0) is 0 Å². The highest BCUT2D eigenvalue weighted by atomic mass is 15.0. The van der Waals surface area contributed by atoms with Crippen molar-refractivity contribution in [1.29, 1.82) is 0 Å². The van der Waals surface area contributed by atoms with Gasteiger partial charge in [-0.25, -0.2) is 0 Å². The van der Waals surface area contributed by atoms with Gasteiger partial charge in [-0.1, -0.05) is 26.2 Å². The molecule has 0 bridgehead atoms. The van der Waals surface area contributed by atoms with Crippen molar-refractivity contribution >= 4 is 0 Å². The maximum Gasteiger partial charge on any atom is 0.0581 e. The monoisotopic (exact) mass is 208 g/mol. The van der Waals surface area contributed by atoms with E-state index in [0.29, 0.717) is 5.41 Å². The maximum absolute atomic E-state index is 5.93. The first-order chi connectivity index (χ1) is 7.04. The second-order valence-electron chi connectivity index (χ2n) is 5.46. The normalized spacial score (nSPS) is 29.3. The molecule has 86 valence electrons. The summed E-state index contributed by atoms with van der Waals surface area (Å²) >= 11 is 0. The summed E-state index contributed by atoms with van der Waals surface area (Å²) < 4.78 is 0.